The lowest BCUT2D eigenvalue weighted by molar-refractivity contribution is -0.137. The van der Waals surface area contributed by atoms with Gasteiger partial charge in [-0.15, -0.1) is 11.3 Å². The smallest absolute Gasteiger partial charge is 0.325 e. The number of halogens is 1. The van der Waals surface area contributed by atoms with Crippen LogP contribution in [0.1, 0.15) is 4.88 Å². The number of carbonyl (C=O) groups excluding carboxylic acids is 1. The van der Waals surface area contributed by atoms with E-state index in [2.05, 4.69) is 36.0 Å². The molecule has 11 nitrogen and oxygen atoms in total. The average molecular weight is 473 g/mol. The summed E-state index contributed by atoms with van der Waals surface area (Å²) in [6, 6.07) is 6.44. The quantitative estimate of drug-likeness (QED) is 0.305. The zero-order valence-corrected chi connectivity index (χ0v) is 18.0. The topological polar surface area (TPSA) is 147 Å². The van der Waals surface area contributed by atoms with E-state index < -0.39 is 12.0 Å². The number of hydrogen-bond acceptors (Lipinski definition) is 8. The molecule has 4 rings (SSSR count). The number of anilines is 3. The van der Waals surface area contributed by atoms with Gasteiger partial charge in [0, 0.05) is 34.7 Å². The molecule has 0 aliphatic carbocycles. The molecule has 0 unspecified atom stereocenters. The molecule has 13 heteroatoms. The van der Waals surface area contributed by atoms with Crippen LogP contribution in [0.2, 0.25) is 5.02 Å². The molecule has 1 aromatic carbocycles. The largest absolute Gasteiger partial charge is 0.480 e. The molecule has 0 saturated carbocycles. The molecule has 2 amide bonds. The van der Waals surface area contributed by atoms with Gasteiger partial charge >= 0.3 is 12.0 Å². The summed E-state index contributed by atoms with van der Waals surface area (Å²) in [5.74, 6) is -0.473. The van der Waals surface area contributed by atoms with E-state index in [0.29, 0.717) is 45.7 Å². The highest BCUT2D eigenvalue weighted by molar-refractivity contribution is 7.15. The normalized spacial score (nSPS) is 10.8. The second-order valence-corrected chi connectivity index (χ2v) is 8.13. The first-order valence-electron chi connectivity index (χ1n) is 9.38. The van der Waals surface area contributed by atoms with Gasteiger partial charge in [-0.05, 0) is 18.2 Å². The number of rotatable bonds is 8. The number of hydrogen-bond donors (Lipinski definition) is 4. The van der Waals surface area contributed by atoms with E-state index in [1.54, 1.807) is 36.7 Å². The molecule has 0 bridgehead atoms. The Labute approximate surface area is 190 Å². The fraction of sp³-hybridized carbons (Fsp3) is 0.158. The highest BCUT2D eigenvalue weighted by Gasteiger charge is 2.11. The zero-order chi connectivity index (χ0) is 22.5. The fourth-order valence-corrected chi connectivity index (χ4v) is 3.84. The molecule has 0 aliphatic heterocycles. The minimum absolute atomic E-state index is 0.253. The number of thiazole rings is 1. The predicted molar refractivity (Wildman–Crippen MR) is 121 cm³/mol. The number of carboxylic acid groups (broad SMARTS) is 1. The molecular weight excluding hydrogens is 456 g/mol. The van der Waals surface area contributed by atoms with Gasteiger partial charge < -0.3 is 15.7 Å². The summed E-state index contributed by atoms with van der Waals surface area (Å²) < 4.78 is 1.31. The Bertz CT molecular complexity index is 1270. The molecule has 0 atom stereocenters. The average Bonchev–Trinajstić information content (AvgIpc) is 3.34. The van der Waals surface area contributed by atoms with Crippen molar-refractivity contribution in [2.24, 2.45) is 0 Å². The second-order valence-electron chi connectivity index (χ2n) is 6.57. The highest BCUT2D eigenvalue weighted by Crippen LogP contribution is 2.21. The Morgan fingerprint density at radius 3 is 2.88 bits per heavy atom. The molecule has 0 aliphatic rings. The van der Waals surface area contributed by atoms with Crippen LogP contribution in [0.15, 0.2) is 43.0 Å². The predicted octanol–water partition coefficient (Wildman–Crippen LogP) is 3.32. The number of urea groups is 1. The zero-order valence-electron chi connectivity index (χ0n) is 16.4. The van der Waals surface area contributed by atoms with Crippen LogP contribution in [-0.4, -0.2) is 48.4 Å². The monoisotopic (exact) mass is 472 g/mol. The number of aliphatic carboxylic acids is 1. The third-order valence-corrected chi connectivity index (χ3v) is 5.38. The van der Waals surface area contributed by atoms with Crippen molar-refractivity contribution >= 4 is 62.6 Å². The summed E-state index contributed by atoms with van der Waals surface area (Å²) in [7, 11) is 0. The molecule has 0 fully saturated rings. The lowest BCUT2D eigenvalue weighted by Crippen LogP contribution is -2.19. The SMILES string of the molecule is O=C(O)Cn1cc2ncnc(NCCc3cnc(NC(=O)Nc4cccc(Cl)c4)s3)c2n1. The lowest BCUT2D eigenvalue weighted by Gasteiger charge is -2.05. The number of nitrogens with one attached hydrogen (secondary N) is 3. The summed E-state index contributed by atoms with van der Waals surface area (Å²) in [5.41, 5.74) is 1.63. The molecule has 0 saturated heterocycles. The number of carboxylic acids is 1. The number of benzene rings is 1. The van der Waals surface area contributed by atoms with E-state index in [1.165, 1.54) is 22.3 Å². The van der Waals surface area contributed by atoms with Gasteiger partial charge in [-0.25, -0.2) is 19.7 Å². The summed E-state index contributed by atoms with van der Waals surface area (Å²) in [6.07, 6.45) is 5.28. The summed E-state index contributed by atoms with van der Waals surface area (Å²) in [6.45, 7) is 0.283. The molecule has 0 radical (unpaired) electrons. The minimum Gasteiger partial charge on any atom is -0.480 e. The van der Waals surface area contributed by atoms with Crippen molar-refractivity contribution in [3.05, 3.63) is 52.9 Å². The molecule has 32 heavy (non-hydrogen) atoms. The Morgan fingerprint density at radius 2 is 2.06 bits per heavy atom. The lowest BCUT2D eigenvalue weighted by atomic mass is 10.3. The van der Waals surface area contributed by atoms with E-state index >= 15 is 0 Å². The Balaban J connectivity index is 1.31. The van der Waals surface area contributed by atoms with Gasteiger partial charge in [0.1, 0.15) is 18.4 Å². The Morgan fingerprint density at radius 1 is 1.19 bits per heavy atom. The fourth-order valence-electron chi connectivity index (χ4n) is 2.84. The Kier molecular flexibility index (Phi) is 6.42. The van der Waals surface area contributed by atoms with Gasteiger partial charge in [0.15, 0.2) is 16.5 Å². The number of nitrogens with zero attached hydrogens (tertiary/aromatic N) is 5. The van der Waals surface area contributed by atoms with E-state index in [0.717, 1.165) is 4.88 Å². The molecular formula is C19H17ClN8O3S. The maximum atomic E-state index is 12.1. The Hall–Kier alpha value is -3.77. The first-order valence-corrected chi connectivity index (χ1v) is 10.6. The van der Waals surface area contributed by atoms with Gasteiger partial charge in [-0.1, -0.05) is 17.7 Å². The van der Waals surface area contributed by atoms with Crippen molar-refractivity contribution in [2.45, 2.75) is 13.0 Å². The van der Waals surface area contributed by atoms with Crippen LogP contribution in [0.3, 0.4) is 0 Å². The van der Waals surface area contributed by atoms with Crippen LogP contribution in [0, 0.1) is 0 Å². The number of amides is 2. The van der Waals surface area contributed by atoms with Gasteiger partial charge in [0.25, 0.3) is 0 Å². The van der Waals surface area contributed by atoms with Crippen molar-refractivity contribution in [1.29, 1.82) is 0 Å². The van der Waals surface area contributed by atoms with Gasteiger partial charge in [0.05, 0.1) is 6.20 Å². The van der Waals surface area contributed by atoms with E-state index in [1.807, 2.05) is 0 Å². The van der Waals surface area contributed by atoms with Crippen molar-refractivity contribution in [2.75, 3.05) is 22.5 Å². The number of carbonyl (C=O) groups is 2. The summed E-state index contributed by atoms with van der Waals surface area (Å²) in [4.78, 5) is 36.5. The third kappa shape index (κ3) is 5.47. The molecule has 0 spiro atoms. The molecule has 3 aromatic heterocycles. The van der Waals surface area contributed by atoms with E-state index in [4.69, 9.17) is 16.7 Å². The third-order valence-electron chi connectivity index (χ3n) is 4.17. The molecule has 3 heterocycles. The highest BCUT2D eigenvalue weighted by atomic mass is 35.5. The number of fused-ring (bicyclic) bond motifs is 1. The van der Waals surface area contributed by atoms with Crippen molar-refractivity contribution in [3.63, 3.8) is 0 Å². The first kappa shape index (κ1) is 21.5. The van der Waals surface area contributed by atoms with Gasteiger partial charge in [0.2, 0.25) is 0 Å². The first-order chi connectivity index (χ1) is 15.5. The maximum Gasteiger partial charge on any atom is 0.325 e. The maximum absolute atomic E-state index is 12.1. The van der Waals surface area contributed by atoms with Crippen LogP contribution in [0.4, 0.5) is 21.4 Å². The summed E-state index contributed by atoms with van der Waals surface area (Å²) in [5, 5.41) is 22.7. The van der Waals surface area contributed by atoms with Crippen LogP contribution in [0.25, 0.3) is 11.0 Å². The van der Waals surface area contributed by atoms with Crippen molar-refractivity contribution < 1.29 is 14.7 Å². The van der Waals surface area contributed by atoms with E-state index in [-0.39, 0.29) is 6.54 Å². The van der Waals surface area contributed by atoms with Gasteiger partial charge in [-0.3, -0.25) is 14.8 Å². The number of aromatic nitrogens is 5. The standard InChI is InChI=1S/C19H17ClN8O3S/c20-11-2-1-3-12(6-11)25-18(31)26-19-22-7-13(32-19)4-5-21-17-16-14(23-10-24-17)8-28(27-16)9-15(29)30/h1-3,6-8,10H,4-5,9H2,(H,29,30)(H,21,23,24)(H2,22,25,26,31). The van der Waals surface area contributed by atoms with Crippen LogP contribution in [-0.2, 0) is 17.8 Å². The van der Waals surface area contributed by atoms with Crippen LogP contribution in [0.5, 0.6) is 0 Å². The molecule has 4 aromatic rings. The minimum atomic E-state index is -0.990. The molecule has 4 N–H and O–H groups in total. The van der Waals surface area contributed by atoms with E-state index in [9.17, 15) is 9.59 Å². The molecule has 164 valence electrons. The van der Waals surface area contributed by atoms with Crippen LogP contribution < -0.4 is 16.0 Å². The van der Waals surface area contributed by atoms with Gasteiger partial charge in [-0.2, -0.15) is 5.10 Å². The van der Waals surface area contributed by atoms with Crippen molar-refractivity contribution in [3.8, 4) is 0 Å². The van der Waals surface area contributed by atoms with Crippen molar-refractivity contribution in [1.82, 2.24) is 24.7 Å². The van der Waals surface area contributed by atoms with Crippen LogP contribution >= 0.6 is 22.9 Å². The summed E-state index contributed by atoms with van der Waals surface area (Å²) >= 11 is 7.27. The second kappa shape index (κ2) is 9.58.